The number of aromatic nitrogens is 2. The molecule has 134 valence electrons. The lowest BCUT2D eigenvalue weighted by Gasteiger charge is -2.14. The lowest BCUT2D eigenvalue weighted by Crippen LogP contribution is -2.29. The van der Waals surface area contributed by atoms with Crippen LogP contribution in [0.3, 0.4) is 0 Å². The number of aromatic amines is 1. The lowest BCUT2D eigenvalue weighted by atomic mass is 10.1. The van der Waals surface area contributed by atoms with Crippen molar-refractivity contribution in [2.24, 2.45) is 0 Å². The molecule has 8 nitrogen and oxygen atoms in total. The first-order valence-electron chi connectivity index (χ1n) is 7.86. The van der Waals surface area contributed by atoms with Gasteiger partial charge in [-0.25, -0.2) is 9.89 Å². The van der Waals surface area contributed by atoms with Gasteiger partial charge >= 0.3 is 6.03 Å². The predicted molar refractivity (Wildman–Crippen MR) is 97.8 cm³/mol. The molecule has 0 bridgehead atoms. The summed E-state index contributed by atoms with van der Waals surface area (Å²) in [4.78, 5) is 24.0. The van der Waals surface area contributed by atoms with Crippen LogP contribution in [-0.2, 0) is 6.54 Å². The maximum Gasteiger partial charge on any atom is 0.319 e. The van der Waals surface area contributed by atoms with E-state index in [1.165, 1.54) is 14.2 Å². The van der Waals surface area contributed by atoms with E-state index < -0.39 is 6.03 Å². The molecule has 1 aromatic heterocycles. The molecular weight excluding hydrogens is 336 g/mol. The smallest absolute Gasteiger partial charge is 0.319 e. The van der Waals surface area contributed by atoms with Gasteiger partial charge in [0.05, 0.1) is 37.5 Å². The van der Waals surface area contributed by atoms with Crippen molar-refractivity contribution in [2.75, 3.05) is 19.5 Å². The molecular formula is C18H18N4O4. The summed E-state index contributed by atoms with van der Waals surface area (Å²) in [7, 11) is 3.02. The molecule has 0 fully saturated rings. The molecule has 0 radical (unpaired) electrons. The number of hydrogen-bond acceptors (Lipinski definition) is 5. The van der Waals surface area contributed by atoms with Gasteiger partial charge < -0.3 is 20.1 Å². The summed E-state index contributed by atoms with van der Waals surface area (Å²) in [5, 5.41) is 13.1. The molecule has 0 atom stereocenters. The minimum atomic E-state index is -0.436. The average Bonchev–Trinajstić information content (AvgIpc) is 2.67. The van der Waals surface area contributed by atoms with Crippen LogP contribution in [0.15, 0.2) is 47.3 Å². The molecule has 0 saturated heterocycles. The monoisotopic (exact) mass is 354 g/mol. The highest BCUT2D eigenvalue weighted by atomic mass is 16.5. The Bertz CT molecular complexity index is 1000. The van der Waals surface area contributed by atoms with E-state index in [4.69, 9.17) is 9.47 Å². The Balaban J connectivity index is 1.75. The normalized spacial score (nSPS) is 10.4. The molecule has 3 aromatic rings. The average molecular weight is 354 g/mol. The number of hydrogen-bond donors (Lipinski definition) is 3. The molecule has 0 aliphatic carbocycles. The summed E-state index contributed by atoms with van der Waals surface area (Å²) in [5.74, 6) is 0.941. The zero-order valence-corrected chi connectivity index (χ0v) is 14.3. The van der Waals surface area contributed by atoms with E-state index in [0.717, 1.165) is 0 Å². The summed E-state index contributed by atoms with van der Waals surface area (Å²) in [6.07, 6.45) is 0. The molecule has 0 aliphatic heterocycles. The van der Waals surface area contributed by atoms with E-state index in [0.29, 0.717) is 33.7 Å². The van der Waals surface area contributed by atoms with E-state index in [-0.39, 0.29) is 12.1 Å². The lowest BCUT2D eigenvalue weighted by molar-refractivity contribution is 0.251. The number of anilines is 1. The highest BCUT2D eigenvalue weighted by Gasteiger charge is 2.13. The molecule has 2 amide bonds. The molecule has 3 N–H and O–H groups in total. The van der Waals surface area contributed by atoms with Crippen LogP contribution in [0.25, 0.3) is 10.8 Å². The first-order valence-corrected chi connectivity index (χ1v) is 7.86. The molecule has 3 rings (SSSR count). The van der Waals surface area contributed by atoms with Crippen LogP contribution in [-0.4, -0.2) is 30.4 Å². The fourth-order valence-electron chi connectivity index (χ4n) is 2.62. The minimum Gasteiger partial charge on any atom is -0.493 e. The number of rotatable bonds is 5. The van der Waals surface area contributed by atoms with Gasteiger partial charge in [-0.3, -0.25) is 4.79 Å². The SMILES string of the molecule is COc1cccc(NC(=O)NCc2n[nH]c(=O)c3ccccc23)c1OC. The minimum absolute atomic E-state index is 0.148. The number of carbonyl (C=O) groups is 1. The van der Waals surface area contributed by atoms with E-state index in [2.05, 4.69) is 20.8 Å². The van der Waals surface area contributed by atoms with Gasteiger partial charge in [0.2, 0.25) is 0 Å². The van der Waals surface area contributed by atoms with Gasteiger partial charge in [-0.1, -0.05) is 24.3 Å². The molecule has 0 aliphatic rings. The van der Waals surface area contributed by atoms with Crippen molar-refractivity contribution in [2.45, 2.75) is 6.54 Å². The van der Waals surface area contributed by atoms with E-state index >= 15 is 0 Å². The number of fused-ring (bicyclic) bond motifs is 1. The number of nitrogens with zero attached hydrogens (tertiary/aromatic N) is 1. The fraction of sp³-hybridized carbons (Fsp3) is 0.167. The maximum absolute atomic E-state index is 12.2. The van der Waals surface area contributed by atoms with Crippen molar-refractivity contribution in [1.29, 1.82) is 0 Å². The second kappa shape index (κ2) is 7.56. The molecule has 0 spiro atoms. The Morgan fingerprint density at radius 3 is 2.58 bits per heavy atom. The van der Waals surface area contributed by atoms with Crippen molar-refractivity contribution < 1.29 is 14.3 Å². The van der Waals surface area contributed by atoms with Crippen LogP contribution in [0.5, 0.6) is 11.5 Å². The van der Waals surface area contributed by atoms with Gasteiger partial charge in [0.15, 0.2) is 11.5 Å². The third-order valence-corrected chi connectivity index (χ3v) is 3.84. The van der Waals surface area contributed by atoms with Crippen molar-refractivity contribution in [3.8, 4) is 11.5 Å². The van der Waals surface area contributed by atoms with Crippen molar-refractivity contribution >= 4 is 22.5 Å². The first kappa shape index (κ1) is 17.3. The van der Waals surface area contributed by atoms with Crippen LogP contribution >= 0.6 is 0 Å². The quantitative estimate of drug-likeness (QED) is 0.652. The third-order valence-electron chi connectivity index (χ3n) is 3.84. The number of benzene rings is 2. The summed E-state index contributed by atoms with van der Waals surface area (Å²) in [6.45, 7) is 0.148. The van der Waals surface area contributed by atoms with Crippen LogP contribution in [0.2, 0.25) is 0 Å². The van der Waals surface area contributed by atoms with Crippen molar-refractivity contribution in [3.05, 3.63) is 58.5 Å². The second-order valence-electron chi connectivity index (χ2n) is 5.39. The molecule has 26 heavy (non-hydrogen) atoms. The van der Waals surface area contributed by atoms with Gasteiger partial charge in [0, 0.05) is 5.39 Å². The molecule has 0 unspecified atom stereocenters. The Kier molecular flexibility index (Phi) is 5.02. The predicted octanol–water partition coefficient (Wildman–Crippen LogP) is 2.26. The molecule has 8 heteroatoms. The third kappa shape index (κ3) is 3.44. The second-order valence-corrected chi connectivity index (χ2v) is 5.39. The molecule has 1 heterocycles. The Morgan fingerprint density at radius 2 is 1.85 bits per heavy atom. The number of para-hydroxylation sites is 1. The first-order chi connectivity index (χ1) is 12.6. The number of carbonyl (C=O) groups excluding carboxylic acids is 1. The van der Waals surface area contributed by atoms with Gasteiger partial charge in [-0.15, -0.1) is 0 Å². The topological polar surface area (TPSA) is 105 Å². The maximum atomic E-state index is 12.2. The summed E-state index contributed by atoms with van der Waals surface area (Å²) >= 11 is 0. The number of methoxy groups -OCH3 is 2. The Hall–Kier alpha value is -3.55. The van der Waals surface area contributed by atoms with E-state index in [1.54, 1.807) is 36.4 Å². The van der Waals surface area contributed by atoms with Crippen LogP contribution < -0.4 is 25.7 Å². The van der Waals surface area contributed by atoms with Gasteiger partial charge in [-0.2, -0.15) is 5.10 Å². The molecule has 0 saturated carbocycles. The Labute approximate surface area is 149 Å². The van der Waals surface area contributed by atoms with Gasteiger partial charge in [0.1, 0.15) is 0 Å². The highest BCUT2D eigenvalue weighted by Crippen LogP contribution is 2.34. The summed E-state index contributed by atoms with van der Waals surface area (Å²) in [5.41, 5.74) is 0.770. The fourth-order valence-corrected chi connectivity index (χ4v) is 2.62. The van der Waals surface area contributed by atoms with Gasteiger partial charge in [0.25, 0.3) is 5.56 Å². The number of amides is 2. The van der Waals surface area contributed by atoms with E-state index in [1.807, 2.05) is 6.07 Å². The standard InChI is InChI=1S/C18H18N4O4/c1-25-15-9-5-8-13(16(15)26-2)20-18(24)19-10-14-11-6-3-4-7-12(11)17(23)22-21-14/h3-9H,10H2,1-2H3,(H,22,23)(H2,19,20,24). The number of urea groups is 1. The summed E-state index contributed by atoms with van der Waals surface area (Å²) < 4.78 is 10.5. The van der Waals surface area contributed by atoms with Gasteiger partial charge in [-0.05, 0) is 18.2 Å². The van der Waals surface area contributed by atoms with Crippen LogP contribution in [0, 0.1) is 0 Å². The number of nitrogens with one attached hydrogen (secondary N) is 3. The summed E-state index contributed by atoms with van der Waals surface area (Å²) in [6, 6.07) is 11.8. The van der Waals surface area contributed by atoms with Crippen LogP contribution in [0.4, 0.5) is 10.5 Å². The zero-order chi connectivity index (χ0) is 18.5. The number of ether oxygens (including phenoxy) is 2. The zero-order valence-electron chi connectivity index (χ0n) is 14.3. The van der Waals surface area contributed by atoms with Crippen molar-refractivity contribution in [3.63, 3.8) is 0 Å². The van der Waals surface area contributed by atoms with Crippen LogP contribution in [0.1, 0.15) is 5.69 Å². The Morgan fingerprint density at radius 1 is 1.08 bits per heavy atom. The number of H-pyrrole nitrogens is 1. The van der Waals surface area contributed by atoms with Crippen molar-refractivity contribution in [1.82, 2.24) is 15.5 Å². The van der Waals surface area contributed by atoms with E-state index in [9.17, 15) is 9.59 Å². The highest BCUT2D eigenvalue weighted by molar-refractivity contribution is 5.92. The largest absolute Gasteiger partial charge is 0.493 e. The molecule has 2 aromatic carbocycles.